The Kier molecular flexibility index (Phi) is 8.11. The maximum Gasteiger partial charge on any atom is 0.256 e. The molecule has 0 atom stereocenters. The van der Waals surface area contributed by atoms with E-state index in [0.717, 1.165) is 17.7 Å². The van der Waals surface area contributed by atoms with E-state index in [9.17, 15) is 18.0 Å². The first-order chi connectivity index (χ1) is 20.4. The lowest BCUT2D eigenvalue weighted by Crippen LogP contribution is -2.29. The van der Waals surface area contributed by atoms with Crippen LogP contribution in [-0.4, -0.2) is 54.1 Å². The van der Waals surface area contributed by atoms with Crippen LogP contribution in [0.5, 0.6) is 5.75 Å². The number of carbonyl (C=O) groups is 1. The van der Waals surface area contributed by atoms with Gasteiger partial charge in [-0.15, -0.1) is 6.58 Å². The number of carbonyl (C=O) groups excluding carboxylic acids is 1. The van der Waals surface area contributed by atoms with E-state index >= 15 is 0 Å². The number of aromatic amines is 1. The zero-order valence-electron chi connectivity index (χ0n) is 25.3. The van der Waals surface area contributed by atoms with Gasteiger partial charge in [-0.1, -0.05) is 30.3 Å². The molecule has 0 unspecified atom stereocenters. The highest BCUT2D eigenvalue weighted by Crippen LogP contribution is 2.49. The average molecular weight is 603 g/mol. The molecule has 5 rings (SSSR count). The molecule has 1 aliphatic rings. The zero-order valence-corrected chi connectivity index (χ0v) is 26.1. The van der Waals surface area contributed by atoms with Crippen LogP contribution in [0, 0.1) is 13.8 Å². The van der Waals surface area contributed by atoms with Crippen molar-refractivity contribution < 1.29 is 17.9 Å². The predicted octanol–water partition coefficient (Wildman–Crippen LogP) is 4.90. The van der Waals surface area contributed by atoms with Gasteiger partial charge in [-0.3, -0.25) is 9.59 Å². The smallest absolute Gasteiger partial charge is 0.256 e. The van der Waals surface area contributed by atoms with Crippen molar-refractivity contribution in [2.75, 3.05) is 21.2 Å². The quantitative estimate of drug-likeness (QED) is 0.236. The number of allylic oxidation sites excluding steroid dienone is 1. The number of amides is 1. The minimum absolute atomic E-state index is 0.0664. The number of aromatic nitrogens is 2. The molecule has 1 saturated carbocycles. The van der Waals surface area contributed by atoms with Gasteiger partial charge in [-0.05, 0) is 87.7 Å². The Morgan fingerprint density at radius 2 is 1.84 bits per heavy atom. The minimum Gasteiger partial charge on any atom is -0.496 e. The van der Waals surface area contributed by atoms with Gasteiger partial charge in [0.05, 0.1) is 29.5 Å². The Hall–Kier alpha value is -4.15. The van der Waals surface area contributed by atoms with Crippen LogP contribution >= 0.6 is 0 Å². The van der Waals surface area contributed by atoms with Crippen molar-refractivity contribution >= 4 is 26.8 Å². The molecule has 9 nitrogen and oxygen atoms in total. The van der Waals surface area contributed by atoms with Gasteiger partial charge in [-0.25, -0.2) is 12.4 Å². The van der Waals surface area contributed by atoms with E-state index in [1.165, 1.54) is 11.1 Å². The van der Waals surface area contributed by atoms with E-state index in [1.807, 2.05) is 51.4 Å². The SMILES string of the molecule is C=CCC1(S(=O)(=O)n2cc(C)c3c(C(=O)NCc4c(OC)cc(C)[nH]c4=O)cc(-c4ccc(CN(C)C)cc4)cc32)CC1. The molecule has 2 aromatic carbocycles. The lowest BCUT2D eigenvalue weighted by molar-refractivity contribution is 0.0952. The molecule has 0 bridgehead atoms. The number of hydrogen-bond acceptors (Lipinski definition) is 6. The van der Waals surface area contributed by atoms with Gasteiger partial charge < -0.3 is 19.9 Å². The summed E-state index contributed by atoms with van der Waals surface area (Å²) in [5, 5.41) is 3.42. The number of H-pyrrole nitrogens is 1. The first kappa shape index (κ1) is 30.3. The van der Waals surface area contributed by atoms with Gasteiger partial charge in [-0.2, -0.15) is 0 Å². The summed E-state index contributed by atoms with van der Waals surface area (Å²) in [5.41, 5.74) is 4.72. The van der Waals surface area contributed by atoms with Gasteiger partial charge >= 0.3 is 0 Å². The largest absolute Gasteiger partial charge is 0.496 e. The topological polar surface area (TPSA) is 113 Å². The summed E-state index contributed by atoms with van der Waals surface area (Å²) in [7, 11) is 1.69. The number of benzene rings is 2. The summed E-state index contributed by atoms with van der Waals surface area (Å²) in [6.45, 7) is 8.05. The fourth-order valence-electron chi connectivity index (χ4n) is 5.72. The second-order valence-electron chi connectivity index (χ2n) is 11.7. The van der Waals surface area contributed by atoms with Crippen molar-refractivity contribution in [1.29, 1.82) is 0 Å². The van der Waals surface area contributed by atoms with Crippen molar-refractivity contribution in [2.24, 2.45) is 0 Å². The Morgan fingerprint density at radius 3 is 2.44 bits per heavy atom. The summed E-state index contributed by atoms with van der Waals surface area (Å²) in [6, 6.07) is 13.3. The van der Waals surface area contributed by atoms with Crippen molar-refractivity contribution in [2.45, 2.75) is 50.9 Å². The van der Waals surface area contributed by atoms with Gasteiger partial charge in [0.1, 0.15) is 5.75 Å². The van der Waals surface area contributed by atoms with E-state index in [4.69, 9.17) is 4.74 Å². The molecule has 226 valence electrons. The monoisotopic (exact) mass is 602 g/mol. The summed E-state index contributed by atoms with van der Waals surface area (Å²) >= 11 is 0. The Bertz CT molecular complexity index is 1880. The fourth-order valence-corrected chi connectivity index (χ4v) is 7.78. The van der Waals surface area contributed by atoms with E-state index in [2.05, 4.69) is 21.8 Å². The third-order valence-corrected chi connectivity index (χ3v) is 10.6. The maximum absolute atomic E-state index is 14.0. The predicted molar refractivity (Wildman–Crippen MR) is 170 cm³/mol. The number of methoxy groups -OCH3 is 1. The molecule has 4 aromatic rings. The normalized spacial score (nSPS) is 14.2. The zero-order chi connectivity index (χ0) is 31.1. The van der Waals surface area contributed by atoms with Crippen LogP contribution in [0.2, 0.25) is 0 Å². The molecule has 1 amide bonds. The number of nitrogens with zero attached hydrogens (tertiary/aromatic N) is 2. The molecular formula is C33H38N4O5S. The van der Waals surface area contributed by atoms with Gasteiger partial charge in [0.25, 0.3) is 11.5 Å². The first-order valence-corrected chi connectivity index (χ1v) is 15.7. The molecular weight excluding hydrogens is 564 g/mol. The van der Waals surface area contributed by atoms with E-state index in [0.29, 0.717) is 63.9 Å². The number of aryl methyl sites for hydroxylation is 2. The molecule has 2 heterocycles. The lowest BCUT2D eigenvalue weighted by Gasteiger charge is -2.17. The first-order valence-electron chi connectivity index (χ1n) is 14.2. The van der Waals surface area contributed by atoms with Crippen LogP contribution in [0.3, 0.4) is 0 Å². The molecule has 2 N–H and O–H groups in total. The van der Waals surface area contributed by atoms with E-state index < -0.39 is 20.7 Å². The molecule has 0 saturated heterocycles. The van der Waals surface area contributed by atoms with Gasteiger partial charge in [0.15, 0.2) is 0 Å². The molecule has 0 aliphatic heterocycles. The minimum atomic E-state index is -3.78. The highest BCUT2D eigenvalue weighted by atomic mass is 32.2. The van der Waals surface area contributed by atoms with Gasteiger partial charge in [0.2, 0.25) is 10.0 Å². The van der Waals surface area contributed by atoms with Gasteiger partial charge in [0, 0.05) is 29.4 Å². The second kappa shape index (κ2) is 11.5. The summed E-state index contributed by atoms with van der Waals surface area (Å²) < 4.78 is 33.9. The van der Waals surface area contributed by atoms with Crippen molar-refractivity contribution in [3.63, 3.8) is 0 Å². The molecule has 43 heavy (non-hydrogen) atoms. The molecule has 1 fully saturated rings. The number of hydrogen-bond donors (Lipinski definition) is 2. The van der Waals surface area contributed by atoms with Crippen molar-refractivity contribution in [1.82, 2.24) is 19.2 Å². The summed E-state index contributed by atoms with van der Waals surface area (Å²) in [5.74, 6) is -0.0489. The van der Waals surface area contributed by atoms with Crippen molar-refractivity contribution in [3.05, 3.63) is 99.6 Å². The number of ether oxygens (including phenoxy) is 1. The summed E-state index contributed by atoms with van der Waals surface area (Å²) in [6.07, 6.45) is 4.75. The van der Waals surface area contributed by atoms with Crippen LogP contribution in [0.1, 0.15) is 52.0 Å². The van der Waals surface area contributed by atoms with Crippen molar-refractivity contribution in [3.8, 4) is 16.9 Å². The molecule has 2 aromatic heterocycles. The fraction of sp³-hybridized carbons (Fsp3) is 0.333. The van der Waals surface area contributed by atoms with Crippen LogP contribution in [0.4, 0.5) is 0 Å². The van der Waals surface area contributed by atoms with E-state index in [-0.39, 0.29) is 12.1 Å². The van der Waals surface area contributed by atoms with E-state index in [1.54, 1.807) is 31.3 Å². The molecule has 1 aliphatic carbocycles. The van der Waals surface area contributed by atoms with Crippen LogP contribution in [-0.2, 0) is 23.1 Å². The molecule has 0 radical (unpaired) electrons. The highest BCUT2D eigenvalue weighted by Gasteiger charge is 2.54. The lowest BCUT2D eigenvalue weighted by atomic mass is 9.97. The number of nitrogens with one attached hydrogen (secondary N) is 2. The standard InChI is InChI=1S/C33H38N4O5S/c1-7-12-33(13-14-33)43(40,41)37-19-21(2)30-26(31(38)34-18-27-29(42-6)15-22(3)35-32(27)39)16-25(17-28(30)37)24-10-8-23(9-11-24)20-36(4)5/h7-11,15-17,19H,1,12-14,18,20H2,2-6H3,(H,34,38)(H,35,39). The highest BCUT2D eigenvalue weighted by molar-refractivity contribution is 7.91. The molecule has 0 spiro atoms. The Morgan fingerprint density at radius 1 is 1.14 bits per heavy atom. The number of fused-ring (bicyclic) bond motifs is 1. The third-order valence-electron chi connectivity index (χ3n) is 8.10. The number of rotatable bonds is 11. The Balaban J connectivity index is 1.63. The maximum atomic E-state index is 14.0. The molecule has 10 heteroatoms. The summed E-state index contributed by atoms with van der Waals surface area (Å²) in [4.78, 5) is 31.3. The number of pyridine rings is 1. The average Bonchev–Trinajstić information content (AvgIpc) is 3.68. The third kappa shape index (κ3) is 5.64. The Labute approximate surface area is 252 Å². The van der Waals surface area contributed by atoms with Crippen LogP contribution in [0.15, 0.2) is 66.1 Å². The second-order valence-corrected chi connectivity index (χ2v) is 13.9. The van der Waals surface area contributed by atoms with Crippen LogP contribution < -0.4 is 15.6 Å². The van der Waals surface area contributed by atoms with Crippen LogP contribution in [0.25, 0.3) is 22.0 Å².